The van der Waals surface area contributed by atoms with Gasteiger partial charge >= 0.3 is 0 Å². The summed E-state index contributed by atoms with van der Waals surface area (Å²) in [5, 5.41) is 15.1. The van der Waals surface area contributed by atoms with Crippen molar-refractivity contribution in [3.05, 3.63) is 54.0 Å². The molecule has 0 atom stereocenters. The maximum absolute atomic E-state index is 12.8. The lowest BCUT2D eigenvalue weighted by molar-refractivity contribution is 0.0961. The summed E-state index contributed by atoms with van der Waals surface area (Å²) in [5.74, 6) is 0. The zero-order chi connectivity index (χ0) is 18.4. The Morgan fingerprint density at radius 2 is 1.96 bits per heavy atom. The molecule has 3 rings (SSSR count). The number of thiophene rings is 1. The number of hydrogen-bond acceptors (Lipinski definition) is 6. The highest BCUT2D eigenvalue weighted by Gasteiger charge is 2.24. The van der Waals surface area contributed by atoms with Crippen molar-refractivity contribution in [1.82, 2.24) is 14.5 Å². The largest absolute Gasteiger partial charge is 0.394 e. The lowest BCUT2D eigenvalue weighted by Gasteiger charge is -2.06. The van der Waals surface area contributed by atoms with Crippen LogP contribution in [0.2, 0.25) is 0 Å². The topological polar surface area (TPSA) is 93.5 Å². The molecule has 0 radical (unpaired) electrons. The van der Waals surface area contributed by atoms with Gasteiger partial charge in [0.15, 0.2) is 0 Å². The van der Waals surface area contributed by atoms with Crippen molar-refractivity contribution >= 4 is 21.4 Å². The van der Waals surface area contributed by atoms with E-state index < -0.39 is 10.0 Å². The number of aliphatic hydroxyl groups is 1. The van der Waals surface area contributed by atoms with Crippen LogP contribution in [0, 0.1) is 0 Å². The van der Waals surface area contributed by atoms with E-state index in [0.29, 0.717) is 5.69 Å². The number of hydrogen-bond donors (Lipinski definition) is 2. The van der Waals surface area contributed by atoms with Crippen molar-refractivity contribution in [2.24, 2.45) is 0 Å². The zero-order valence-corrected chi connectivity index (χ0v) is 15.5. The average Bonchev–Trinajstić information content (AvgIpc) is 3.32. The number of ether oxygens (including phenoxy) is 1. The number of nitrogens with one attached hydrogen (secondary N) is 1. The minimum atomic E-state index is -3.76. The molecule has 0 spiro atoms. The van der Waals surface area contributed by atoms with Gasteiger partial charge in [0, 0.05) is 6.54 Å². The number of aliphatic hydroxyl groups excluding tert-OH is 1. The van der Waals surface area contributed by atoms with Gasteiger partial charge in [-0.1, -0.05) is 24.3 Å². The molecule has 0 aliphatic carbocycles. The predicted molar refractivity (Wildman–Crippen MR) is 100.0 cm³/mol. The molecule has 26 heavy (non-hydrogen) atoms. The number of aromatic nitrogens is 2. The van der Waals surface area contributed by atoms with Gasteiger partial charge in [-0.05, 0) is 23.6 Å². The molecule has 0 aliphatic rings. The fourth-order valence-electron chi connectivity index (χ4n) is 2.34. The quantitative estimate of drug-likeness (QED) is 0.542. The molecule has 3 aromatic rings. The third-order valence-electron chi connectivity index (χ3n) is 3.52. The Morgan fingerprint density at radius 3 is 2.65 bits per heavy atom. The molecule has 2 heterocycles. The number of para-hydroxylation sites is 1. The molecular weight excluding hydrogens is 374 g/mol. The highest BCUT2D eigenvalue weighted by atomic mass is 32.2. The second-order valence-corrected chi connectivity index (χ2v) is 8.02. The third-order valence-corrected chi connectivity index (χ3v) is 5.86. The van der Waals surface area contributed by atoms with Crippen molar-refractivity contribution in [3.63, 3.8) is 0 Å². The summed E-state index contributed by atoms with van der Waals surface area (Å²) in [4.78, 5) is 0.891. The van der Waals surface area contributed by atoms with Crippen molar-refractivity contribution in [2.45, 2.75) is 4.90 Å². The van der Waals surface area contributed by atoms with Gasteiger partial charge in [0.2, 0.25) is 10.0 Å². The normalized spacial score (nSPS) is 11.7. The first-order chi connectivity index (χ1) is 12.6. The van der Waals surface area contributed by atoms with E-state index in [9.17, 15) is 8.42 Å². The van der Waals surface area contributed by atoms with Gasteiger partial charge in [-0.15, -0.1) is 11.3 Å². The maximum atomic E-state index is 12.8. The molecule has 0 aliphatic heterocycles. The zero-order valence-electron chi connectivity index (χ0n) is 13.9. The molecule has 7 nitrogen and oxygen atoms in total. The minimum Gasteiger partial charge on any atom is -0.394 e. The highest BCUT2D eigenvalue weighted by Crippen LogP contribution is 2.30. The number of nitrogens with zero attached hydrogens (tertiary/aromatic N) is 2. The molecule has 0 saturated carbocycles. The Morgan fingerprint density at radius 1 is 1.15 bits per heavy atom. The smallest absolute Gasteiger partial charge is 0.244 e. The molecule has 0 unspecified atom stereocenters. The minimum absolute atomic E-state index is 0.0981. The van der Waals surface area contributed by atoms with Crippen molar-refractivity contribution in [3.8, 4) is 16.3 Å². The van der Waals surface area contributed by atoms with Gasteiger partial charge in [0.1, 0.15) is 10.6 Å². The van der Waals surface area contributed by atoms with E-state index in [1.165, 1.54) is 17.5 Å². The molecule has 9 heteroatoms. The third kappa shape index (κ3) is 4.37. The van der Waals surface area contributed by atoms with Crippen LogP contribution in [0.3, 0.4) is 0 Å². The second kappa shape index (κ2) is 8.56. The van der Waals surface area contributed by atoms with Gasteiger partial charge in [0.25, 0.3) is 0 Å². The van der Waals surface area contributed by atoms with Crippen LogP contribution in [0.1, 0.15) is 0 Å². The number of benzene rings is 1. The van der Waals surface area contributed by atoms with E-state index in [2.05, 4.69) is 9.82 Å². The Bertz CT molecular complexity index is 922. The lowest BCUT2D eigenvalue weighted by atomic mass is 10.3. The average molecular weight is 393 g/mol. The first kappa shape index (κ1) is 18.7. The summed E-state index contributed by atoms with van der Waals surface area (Å²) < 4.78 is 34.7. The Hall–Kier alpha value is -2.04. The van der Waals surface area contributed by atoms with E-state index in [0.717, 1.165) is 10.6 Å². The second-order valence-electron chi connectivity index (χ2n) is 5.33. The molecule has 1 aromatic carbocycles. The Balaban J connectivity index is 1.91. The number of rotatable bonds is 9. The molecule has 0 bridgehead atoms. The van der Waals surface area contributed by atoms with E-state index in [1.54, 1.807) is 4.68 Å². The van der Waals surface area contributed by atoms with Crippen LogP contribution >= 0.6 is 11.3 Å². The van der Waals surface area contributed by atoms with Crippen LogP contribution < -0.4 is 4.72 Å². The molecule has 2 N–H and O–H groups in total. The standard InChI is InChI=1S/C17H19N3O4S2/c21-9-11-24-10-8-18-26(22,23)16-13-20(14-5-2-1-3-6-14)19-17(16)15-7-4-12-25-15/h1-7,12-13,18,21H,8-11H2. The molecular formula is C17H19N3O4S2. The van der Waals surface area contributed by atoms with Gasteiger partial charge in [-0.25, -0.2) is 17.8 Å². The summed E-state index contributed by atoms with van der Waals surface area (Å²) in [5.41, 5.74) is 1.19. The lowest BCUT2D eigenvalue weighted by Crippen LogP contribution is -2.28. The van der Waals surface area contributed by atoms with Crippen LogP contribution in [0.15, 0.2) is 58.9 Å². The summed E-state index contributed by atoms with van der Waals surface area (Å²) in [6, 6.07) is 13.0. The van der Waals surface area contributed by atoms with Crippen molar-refractivity contribution in [1.29, 1.82) is 0 Å². The van der Waals surface area contributed by atoms with Crippen LogP contribution in [0.4, 0.5) is 0 Å². The Kier molecular flexibility index (Phi) is 6.17. The first-order valence-electron chi connectivity index (χ1n) is 7.99. The summed E-state index contributed by atoms with van der Waals surface area (Å²) >= 11 is 1.43. The van der Waals surface area contributed by atoms with Gasteiger partial charge in [0.05, 0.1) is 36.6 Å². The fourth-order valence-corrected chi connectivity index (χ4v) is 4.28. The van der Waals surface area contributed by atoms with E-state index >= 15 is 0 Å². The van der Waals surface area contributed by atoms with Crippen molar-refractivity contribution in [2.75, 3.05) is 26.4 Å². The van der Waals surface area contributed by atoms with Gasteiger partial charge < -0.3 is 9.84 Å². The predicted octanol–water partition coefficient (Wildman–Crippen LogP) is 1.89. The number of sulfonamides is 1. The molecule has 0 amide bonds. The summed E-state index contributed by atoms with van der Waals surface area (Å²) in [6.07, 6.45) is 1.52. The van der Waals surface area contributed by atoms with Crippen LogP contribution in [0.5, 0.6) is 0 Å². The van der Waals surface area contributed by atoms with E-state index in [-0.39, 0.29) is 31.3 Å². The highest BCUT2D eigenvalue weighted by molar-refractivity contribution is 7.89. The van der Waals surface area contributed by atoms with Gasteiger partial charge in [-0.2, -0.15) is 5.10 Å². The maximum Gasteiger partial charge on any atom is 0.244 e. The molecule has 138 valence electrons. The first-order valence-corrected chi connectivity index (χ1v) is 10.4. The van der Waals surface area contributed by atoms with Crippen molar-refractivity contribution < 1.29 is 18.3 Å². The van der Waals surface area contributed by atoms with Gasteiger partial charge in [-0.3, -0.25) is 0 Å². The molecule has 0 fully saturated rings. The summed E-state index contributed by atoms with van der Waals surface area (Å²) in [7, 11) is -3.76. The fraction of sp³-hybridized carbons (Fsp3) is 0.235. The van der Waals surface area contributed by atoms with Crippen LogP contribution in [-0.4, -0.2) is 49.7 Å². The Labute approximate surface area is 155 Å². The molecule has 0 saturated heterocycles. The monoisotopic (exact) mass is 393 g/mol. The summed E-state index contributed by atoms with van der Waals surface area (Å²) in [6.45, 7) is 0.372. The van der Waals surface area contributed by atoms with E-state index in [1.807, 2.05) is 47.8 Å². The molecule has 2 aromatic heterocycles. The van der Waals surface area contributed by atoms with Crippen LogP contribution in [0.25, 0.3) is 16.3 Å². The van der Waals surface area contributed by atoms with E-state index in [4.69, 9.17) is 9.84 Å². The van der Waals surface area contributed by atoms with Crippen LogP contribution in [-0.2, 0) is 14.8 Å². The SMILES string of the molecule is O=S(=O)(NCCOCCO)c1cn(-c2ccccc2)nc1-c1cccs1.